The van der Waals surface area contributed by atoms with Gasteiger partial charge in [-0.1, -0.05) is 18.2 Å². The van der Waals surface area contributed by atoms with Crippen molar-refractivity contribution in [2.45, 2.75) is 34.2 Å². The van der Waals surface area contributed by atoms with Crippen LogP contribution in [0.3, 0.4) is 0 Å². The van der Waals surface area contributed by atoms with E-state index in [0.717, 1.165) is 16.7 Å². The molecule has 0 spiro atoms. The minimum absolute atomic E-state index is 0.0251. The van der Waals surface area contributed by atoms with E-state index < -0.39 is 17.4 Å². The number of carbonyl (C=O) groups excluding carboxylic acids is 3. The maximum atomic E-state index is 13.0. The van der Waals surface area contributed by atoms with E-state index in [0.29, 0.717) is 0 Å². The number of esters is 2. The Labute approximate surface area is 147 Å². The Morgan fingerprint density at radius 2 is 1.68 bits per heavy atom. The molecule has 1 heterocycles. The first-order chi connectivity index (χ1) is 11.7. The highest BCUT2D eigenvalue weighted by molar-refractivity contribution is 6.12. The first-order valence-electron chi connectivity index (χ1n) is 7.95. The van der Waals surface area contributed by atoms with Gasteiger partial charge in [-0.25, -0.2) is 9.59 Å². The second-order valence-electron chi connectivity index (χ2n) is 6.58. The molecule has 0 atom stereocenters. The topological polar surface area (TPSA) is 72.9 Å². The van der Waals surface area contributed by atoms with Gasteiger partial charge in [-0.3, -0.25) is 4.79 Å². The molecule has 1 aromatic carbocycles. The number of ether oxygens (including phenoxy) is 2. The molecule has 1 amide bonds. The van der Waals surface area contributed by atoms with Gasteiger partial charge in [0.1, 0.15) is 5.70 Å². The van der Waals surface area contributed by atoms with Crippen LogP contribution in [0.2, 0.25) is 0 Å². The molecule has 0 saturated carbocycles. The minimum atomic E-state index is -1.17. The fourth-order valence-corrected chi connectivity index (χ4v) is 3.04. The van der Waals surface area contributed by atoms with Crippen molar-refractivity contribution in [2.24, 2.45) is 5.41 Å². The number of hydrogen-bond acceptors (Lipinski definition) is 5. The van der Waals surface area contributed by atoms with Gasteiger partial charge in [-0.15, -0.1) is 0 Å². The number of hydrogen-bond donors (Lipinski definition) is 0. The third-order valence-electron chi connectivity index (χ3n) is 4.73. The van der Waals surface area contributed by atoms with Crippen molar-refractivity contribution in [1.29, 1.82) is 0 Å². The SMILES string of the molecule is COC(=O)C1=C(C(=O)OC)C(C)(C)C(=O)N1Cc1cccc(C)c1C. The number of amides is 1. The minimum Gasteiger partial charge on any atom is -0.466 e. The fraction of sp³-hybridized carbons (Fsp3) is 0.421. The maximum Gasteiger partial charge on any atom is 0.355 e. The van der Waals surface area contributed by atoms with E-state index in [4.69, 9.17) is 9.47 Å². The van der Waals surface area contributed by atoms with Crippen LogP contribution in [-0.2, 0) is 30.4 Å². The molecule has 6 nitrogen and oxygen atoms in total. The van der Waals surface area contributed by atoms with Gasteiger partial charge in [0.2, 0.25) is 5.91 Å². The fourth-order valence-electron chi connectivity index (χ4n) is 3.04. The second-order valence-corrected chi connectivity index (χ2v) is 6.58. The van der Waals surface area contributed by atoms with Crippen molar-refractivity contribution < 1.29 is 23.9 Å². The summed E-state index contributed by atoms with van der Waals surface area (Å²) in [4.78, 5) is 38.9. The molecule has 0 radical (unpaired) electrons. The molecule has 0 aromatic heterocycles. The van der Waals surface area contributed by atoms with Crippen LogP contribution in [0.25, 0.3) is 0 Å². The molecule has 0 fully saturated rings. The number of benzene rings is 1. The Bertz CT molecular complexity index is 776. The number of rotatable bonds is 4. The molecule has 0 unspecified atom stereocenters. The van der Waals surface area contributed by atoms with Gasteiger partial charge >= 0.3 is 11.9 Å². The predicted octanol–water partition coefficient (Wildman–Crippen LogP) is 2.27. The summed E-state index contributed by atoms with van der Waals surface area (Å²) in [6.07, 6.45) is 0. The van der Waals surface area contributed by atoms with E-state index in [1.54, 1.807) is 13.8 Å². The molecule has 25 heavy (non-hydrogen) atoms. The van der Waals surface area contributed by atoms with Crippen LogP contribution in [0, 0.1) is 19.3 Å². The highest BCUT2D eigenvalue weighted by atomic mass is 16.5. The molecule has 0 saturated heterocycles. The van der Waals surface area contributed by atoms with Gasteiger partial charge in [0.25, 0.3) is 0 Å². The van der Waals surface area contributed by atoms with E-state index in [1.807, 2.05) is 32.0 Å². The van der Waals surface area contributed by atoms with Crippen LogP contribution in [0.15, 0.2) is 29.5 Å². The van der Waals surface area contributed by atoms with Crippen LogP contribution in [-0.4, -0.2) is 37.0 Å². The number of methoxy groups -OCH3 is 2. The van der Waals surface area contributed by atoms with Gasteiger partial charge in [-0.2, -0.15) is 0 Å². The summed E-state index contributed by atoms with van der Waals surface area (Å²) in [7, 11) is 2.44. The van der Waals surface area contributed by atoms with Crippen molar-refractivity contribution >= 4 is 17.8 Å². The third-order valence-corrected chi connectivity index (χ3v) is 4.73. The van der Waals surface area contributed by atoms with E-state index in [-0.39, 0.29) is 23.7 Å². The average molecular weight is 345 g/mol. The van der Waals surface area contributed by atoms with Crippen molar-refractivity contribution in [2.75, 3.05) is 14.2 Å². The summed E-state index contributed by atoms with van der Waals surface area (Å²) in [6.45, 7) is 7.33. The summed E-state index contributed by atoms with van der Waals surface area (Å²) in [5.41, 5.74) is 1.82. The van der Waals surface area contributed by atoms with E-state index >= 15 is 0 Å². The Kier molecular flexibility index (Phi) is 5.02. The van der Waals surface area contributed by atoms with E-state index in [1.165, 1.54) is 19.1 Å². The van der Waals surface area contributed by atoms with Gasteiger partial charge < -0.3 is 14.4 Å². The lowest BCUT2D eigenvalue weighted by molar-refractivity contribution is -0.142. The first-order valence-corrected chi connectivity index (χ1v) is 7.95. The van der Waals surface area contributed by atoms with Gasteiger partial charge in [0, 0.05) is 0 Å². The Morgan fingerprint density at radius 3 is 2.24 bits per heavy atom. The zero-order chi connectivity index (χ0) is 18.9. The van der Waals surface area contributed by atoms with Crippen molar-refractivity contribution in [1.82, 2.24) is 4.90 Å². The highest BCUT2D eigenvalue weighted by Gasteiger charge is 2.52. The second kappa shape index (κ2) is 6.70. The molecular weight excluding hydrogens is 322 g/mol. The quantitative estimate of drug-likeness (QED) is 0.783. The summed E-state index contributed by atoms with van der Waals surface area (Å²) in [5.74, 6) is -1.78. The Morgan fingerprint density at radius 1 is 1.08 bits per heavy atom. The largest absolute Gasteiger partial charge is 0.466 e. The zero-order valence-corrected chi connectivity index (χ0v) is 15.4. The monoisotopic (exact) mass is 345 g/mol. The van der Waals surface area contributed by atoms with Crippen LogP contribution in [0.4, 0.5) is 0 Å². The summed E-state index contributed by atoms with van der Waals surface area (Å²) in [5, 5.41) is 0. The molecule has 1 aromatic rings. The van der Waals surface area contributed by atoms with Gasteiger partial charge in [0.15, 0.2) is 0 Å². The molecule has 2 rings (SSSR count). The standard InChI is InChI=1S/C19H23NO5/c1-11-8-7-9-13(12(11)2)10-20-15(17(22)25-6)14(16(21)24-5)19(3,4)18(20)23/h7-9H,10H2,1-6H3. The molecule has 0 N–H and O–H groups in total. The van der Waals surface area contributed by atoms with Gasteiger partial charge in [-0.05, 0) is 44.4 Å². The summed E-state index contributed by atoms with van der Waals surface area (Å²) >= 11 is 0. The summed E-state index contributed by atoms with van der Waals surface area (Å²) < 4.78 is 9.63. The van der Waals surface area contributed by atoms with E-state index in [9.17, 15) is 14.4 Å². The van der Waals surface area contributed by atoms with Crippen molar-refractivity contribution in [3.05, 3.63) is 46.2 Å². The van der Waals surface area contributed by atoms with Crippen LogP contribution < -0.4 is 0 Å². The third kappa shape index (κ3) is 3.04. The number of aryl methyl sites for hydroxylation is 1. The van der Waals surface area contributed by atoms with Crippen molar-refractivity contribution in [3.8, 4) is 0 Å². The lowest BCUT2D eigenvalue weighted by Gasteiger charge is -2.23. The normalized spacial score (nSPS) is 16.2. The van der Waals surface area contributed by atoms with Crippen LogP contribution in [0.1, 0.15) is 30.5 Å². The molecule has 1 aliphatic rings. The van der Waals surface area contributed by atoms with Gasteiger partial charge in [0.05, 0.1) is 31.8 Å². The lowest BCUT2D eigenvalue weighted by atomic mass is 9.85. The zero-order valence-electron chi connectivity index (χ0n) is 15.4. The Hall–Kier alpha value is -2.63. The number of carbonyl (C=O) groups is 3. The molecule has 6 heteroatoms. The predicted molar refractivity (Wildman–Crippen MR) is 91.3 cm³/mol. The van der Waals surface area contributed by atoms with Crippen LogP contribution >= 0.6 is 0 Å². The van der Waals surface area contributed by atoms with Crippen molar-refractivity contribution in [3.63, 3.8) is 0 Å². The average Bonchev–Trinajstić information content (AvgIpc) is 2.78. The molecule has 0 aliphatic carbocycles. The molecule has 1 aliphatic heterocycles. The molecular formula is C19H23NO5. The highest BCUT2D eigenvalue weighted by Crippen LogP contribution is 2.41. The molecule has 134 valence electrons. The first kappa shape index (κ1) is 18.7. The lowest BCUT2D eigenvalue weighted by Crippen LogP contribution is -2.35. The smallest absolute Gasteiger partial charge is 0.355 e. The number of nitrogens with zero attached hydrogens (tertiary/aromatic N) is 1. The van der Waals surface area contributed by atoms with Crippen LogP contribution in [0.5, 0.6) is 0 Å². The maximum absolute atomic E-state index is 13.0. The summed E-state index contributed by atoms with van der Waals surface area (Å²) in [6, 6.07) is 5.77. The van der Waals surface area contributed by atoms with E-state index in [2.05, 4.69) is 0 Å². The Balaban J connectivity index is 2.60. The molecule has 0 bridgehead atoms.